The van der Waals surface area contributed by atoms with Gasteiger partial charge in [0.15, 0.2) is 5.16 Å². The number of nitro benzene ring substituents is 1. The van der Waals surface area contributed by atoms with Crippen molar-refractivity contribution < 1.29 is 9.72 Å². The van der Waals surface area contributed by atoms with E-state index >= 15 is 0 Å². The number of nitrogens with zero attached hydrogens (tertiary/aromatic N) is 4. The number of carbonyl (C=O) groups is 1. The molecule has 1 heterocycles. The lowest BCUT2D eigenvalue weighted by molar-refractivity contribution is -0.384. The van der Waals surface area contributed by atoms with Gasteiger partial charge in [-0.25, -0.2) is 0 Å². The fourth-order valence-corrected chi connectivity index (χ4v) is 3.63. The Bertz CT molecular complexity index is 1020. The number of anilines is 1. The minimum atomic E-state index is -0.504. The third kappa shape index (κ3) is 5.55. The number of hydrogen-bond acceptors (Lipinski definition) is 6. The summed E-state index contributed by atoms with van der Waals surface area (Å²) in [7, 11) is 0. The maximum atomic E-state index is 12.2. The Morgan fingerprint density at radius 2 is 2.00 bits per heavy atom. The first kappa shape index (κ1) is 20.8. The van der Waals surface area contributed by atoms with Gasteiger partial charge in [0, 0.05) is 35.8 Å². The molecule has 2 aromatic carbocycles. The normalized spacial score (nSPS) is 10.7. The second-order valence-corrected chi connectivity index (χ2v) is 7.47. The number of rotatable bonds is 8. The van der Waals surface area contributed by atoms with Crippen molar-refractivity contribution in [2.75, 3.05) is 11.1 Å². The molecular formula is C19H18ClN5O3S. The average molecular weight is 432 g/mol. The highest BCUT2D eigenvalue weighted by atomic mass is 35.5. The van der Waals surface area contributed by atoms with Crippen LogP contribution < -0.4 is 5.32 Å². The first-order chi connectivity index (χ1) is 14.0. The van der Waals surface area contributed by atoms with E-state index < -0.39 is 4.92 Å². The molecule has 3 rings (SSSR count). The molecule has 0 aliphatic heterocycles. The first-order valence-corrected chi connectivity index (χ1v) is 10.2. The van der Waals surface area contributed by atoms with Crippen LogP contribution in [-0.2, 0) is 17.8 Å². The van der Waals surface area contributed by atoms with E-state index in [2.05, 4.69) is 15.5 Å². The molecule has 0 bridgehead atoms. The van der Waals surface area contributed by atoms with Gasteiger partial charge in [-0.1, -0.05) is 41.6 Å². The maximum Gasteiger partial charge on any atom is 0.271 e. The van der Waals surface area contributed by atoms with E-state index in [1.54, 1.807) is 6.07 Å². The van der Waals surface area contributed by atoms with Crippen molar-refractivity contribution in [3.05, 3.63) is 75.1 Å². The Hall–Kier alpha value is -2.91. The van der Waals surface area contributed by atoms with Crippen molar-refractivity contribution >= 4 is 40.6 Å². The second-order valence-electron chi connectivity index (χ2n) is 6.09. The highest BCUT2D eigenvalue weighted by Crippen LogP contribution is 2.21. The van der Waals surface area contributed by atoms with E-state index in [-0.39, 0.29) is 17.3 Å². The number of nitro groups is 1. The molecule has 10 heteroatoms. The smallest absolute Gasteiger partial charge is 0.271 e. The zero-order chi connectivity index (χ0) is 20.8. The van der Waals surface area contributed by atoms with Crippen molar-refractivity contribution in [2.24, 2.45) is 0 Å². The Labute approximate surface area is 176 Å². The third-order valence-electron chi connectivity index (χ3n) is 4.06. The summed E-state index contributed by atoms with van der Waals surface area (Å²) in [5, 5.41) is 23.3. The number of aromatic nitrogens is 3. The summed E-state index contributed by atoms with van der Waals surface area (Å²) in [6.45, 7) is 2.66. The largest absolute Gasteiger partial charge is 0.325 e. The van der Waals surface area contributed by atoms with Crippen molar-refractivity contribution in [2.45, 2.75) is 25.0 Å². The van der Waals surface area contributed by atoms with Gasteiger partial charge in [-0.15, -0.1) is 10.2 Å². The summed E-state index contributed by atoms with van der Waals surface area (Å²) in [4.78, 5) is 22.6. The molecular weight excluding hydrogens is 414 g/mol. The topological polar surface area (TPSA) is 103 Å². The van der Waals surface area contributed by atoms with E-state index in [1.807, 2.05) is 35.8 Å². The Balaban J connectivity index is 1.62. The molecule has 1 N–H and O–H groups in total. The lowest BCUT2D eigenvalue weighted by Gasteiger charge is -2.08. The van der Waals surface area contributed by atoms with Gasteiger partial charge in [0.1, 0.15) is 5.82 Å². The fraction of sp³-hybridized carbons (Fsp3) is 0.211. The van der Waals surface area contributed by atoms with Crippen molar-refractivity contribution in [3.63, 3.8) is 0 Å². The Kier molecular flexibility index (Phi) is 6.84. The van der Waals surface area contributed by atoms with Gasteiger partial charge >= 0.3 is 0 Å². The second kappa shape index (κ2) is 9.53. The van der Waals surface area contributed by atoms with Crippen LogP contribution in [0.25, 0.3) is 0 Å². The molecule has 8 nitrogen and oxygen atoms in total. The van der Waals surface area contributed by atoms with Gasteiger partial charge in [0.2, 0.25) is 5.91 Å². The molecule has 3 aromatic rings. The molecule has 0 aliphatic carbocycles. The number of amides is 1. The fourth-order valence-electron chi connectivity index (χ4n) is 2.68. The molecule has 29 heavy (non-hydrogen) atoms. The molecule has 150 valence electrons. The zero-order valence-electron chi connectivity index (χ0n) is 15.5. The number of benzene rings is 2. The highest BCUT2D eigenvalue weighted by Gasteiger charge is 2.14. The SMILES string of the molecule is CCn1c(Cc2ccc(Cl)cc2)nnc1SCC(=O)Nc1cccc([N+](=O)[O-])c1. The van der Waals surface area contributed by atoms with Gasteiger partial charge in [-0.05, 0) is 30.7 Å². The van der Waals surface area contributed by atoms with Crippen LogP contribution in [0.1, 0.15) is 18.3 Å². The van der Waals surface area contributed by atoms with E-state index in [0.717, 1.165) is 11.4 Å². The van der Waals surface area contributed by atoms with Crippen molar-refractivity contribution in [1.29, 1.82) is 0 Å². The Morgan fingerprint density at radius 1 is 1.24 bits per heavy atom. The molecule has 0 radical (unpaired) electrons. The lowest BCUT2D eigenvalue weighted by atomic mass is 10.1. The van der Waals surface area contributed by atoms with Gasteiger partial charge < -0.3 is 9.88 Å². The first-order valence-electron chi connectivity index (χ1n) is 8.80. The molecule has 0 saturated heterocycles. The van der Waals surface area contributed by atoms with E-state index in [4.69, 9.17) is 11.6 Å². The minimum absolute atomic E-state index is 0.0759. The quantitative estimate of drug-likeness (QED) is 0.326. The molecule has 0 aliphatic rings. The summed E-state index contributed by atoms with van der Waals surface area (Å²) < 4.78 is 1.96. The molecule has 0 fully saturated rings. The van der Waals surface area contributed by atoms with Gasteiger partial charge in [0.05, 0.1) is 10.7 Å². The number of nitrogens with one attached hydrogen (secondary N) is 1. The minimum Gasteiger partial charge on any atom is -0.325 e. The maximum absolute atomic E-state index is 12.2. The zero-order valence-corrected chi connectivity index (χ0v) is 17.1. The molecule has 1 amide bonds. The van der Waals surface area contributed by atoms with Crippen LogP contribution in [0.3, 0.4) is 0 Å². The average Bonchev–Trinajstić information content (AvgIpc) is 3.09. The van der Waals surface area contributed by atoms with Crippen LogP contribution in [0, 0.1) is 10.1 Å². The van der Waals surface area contributed by atoms with E-state index in [1.165, 1.54) is 30.0 Å². The molecule has 0 saturated carbocycles. The van der Waals surface area contributed by atoms with Crippen LogP contribution in [0.4, 0.5) is 11.4 Å². The van der Waals surface area contributed by atoms with Gasteiger partial charge in [-0.3, -0.25) is 14.9 Å². The van der Waals surface area contributed by atoms with Crippen LogP contribution in [0.15, 0.2) is 53.7 Å². The van der Waals surface area contributed by atoms with Crippen LogP contribution >= 0.6 is 23.4 Å². The predicted octanol–water partition coefficient (Wildman–Crippen LogP) is 4.18. The van der Waals surface area contributed by atoms with Crippen LogP contribution in [-0.4, -0.2) is 31.3 Å². The summed E-state index contributed by atoms with van der Waals surface area (Å²) in [6.07, 6.45) is 0.610. The lowest BCUT2D eigenvalue weighted by Crippen LogP contribution is -2.15. The number of thioether (sulfide) groups is 1. The summed E-state index contributed by atoms with van der Waals surface area (Å²) in [6, 6.07) is 13.4. The molecule has 0 atom stereocenters. The standard InChI is InChI=1S/C19H18ClN5O3S/c1-2-24-17(10-13-6-8-14(20)9-7-13)22-23-19(24)29-12-18(26)21-15-4-3-5-16(11-15)25(27)28/h3-9,11H,2,10,12H2,1H3,(H,21,26). The predicted molar refractivity (Wildman–Crippen MR) is 112 cm³/mol. The number of non-ortho nitro benzene ring substituents is 1. The number of carbonyl (C=O) groups excluding carboxylic acids is 1. The molecule has 0 unspecified atom stereocenters. The third-order valence-corrected chi connectivity index (χ3v) is 5.28. The highest BCUT2D eigenvalue weighted by molar-refractivity contribution is 7.99. The van der Waals surface area contributed by atoms with Crippen LogP contribution in [0.5, 0.6) is 0 Å². The summed E-state index contributed by atoms with van der Waals surface area (Å²) in [5.41, 5.74) is 1.37. The van der Waals surface area contributed by atoms with E-state index in [9.17, 15) is 14.9 Å². The summed E-state index contributed by atoms with van der Waals surface area (Å²) in [5.74, 6) is 0.638. The summed E-state index contributed by atoms with van der Waals surface area (Å²) >= 11 is 7.19. The number of hydrogen-bond donors (Lipinski definition) is 1. The molecule has 1 aromatic heterocycles. The van der Waals surface area contributed by atoms with Crippen LogP contribution in [0.2, 0.25) is 5.02 Å². The van der Waals surface area contributed by atoms with Crippen molar-refractivity contribution in [1.82, 2.24) is 14.8 Å². The number of halogens is 1. The Morgan fingerprint density at radius 3 is 2.69 bits per heavy atom. The van der Waals surface area contributed by atoms with Gasteiger partial charge in [0.25, 0.3) is 5.69 Å². The van der Waals surface area contributed by atoms with Crippen molar-refractivity contribution in [3.8, 4) is 0 Å². The van der Waals surface area contributed by atoms with Gasteiger partial charge in [-0.2, -0.15) is 0 Å². The monoisotopic (exact) mass is 431 g/mol. The van der Waals surface area contributed by atoms with E-state index in [0.29, 0.717) is 28.8 Å². The molecule has 0 spiro atoms.